The Hall–Kier alpha value is -4.20. The Morgan fingerprint density at radius 2 is 1.70 bits per heavy atom. The molecule has 4 aliphatic carbocycles. The highest BCUT2D eigenvalue weighted by atomic mass is 16.5. The molecule has 0 radical (unpaired) electrons. The summed E-state index contributed by atoms with van der Waals surface area (Å²) < 4.78 is 11.2. The van der Waals surface area contributed by atoms with E-state index in [4.69, 9.17) is 9.47 Å². The second kappa shape index (κ2) is 11.1. The van der Waals surface area contributed by atoms with Crippen LogP contribution in [0, 0.1) is 17.8 Å². The molecule has 8 heteroatoms. The van der Waals surface area contributed by atoms with Crippen LogP contribution < -0.4 is 20.2 Å². The number of methoxy groups -OCH3 is 1. The van der Waals surface area contributed by atoms with Crippen LogP contribution in [-0.2, 0) is 10.2 Å². The topological polar surface area (TPSA) is 102 Å². The highest BCUT2D eigenvalue weighted by molar-refractivity contribution is 5.93. The summed E-state index contributed by atoms with van der Waals surface area (Å²) in [5.74, 6) is 2.94. The van der Waals surface area contributed by atoms with Crippen LogP contribution in [0.4, 0.5) is 5.69 Å². The van der Waals surface area contributed by atoms with Gasteiger partial charge in [0.05, 0.1) is 13.3 Å². The maximum absolute atomic E-state index is 12.6. The summed E-state index contributed by atoms with van der Waals surface area (Å²) in [5, 5.41) is 6.92. The van der Waals surface area contributed by atoms with Gasteiger partial charge in [0.2, 0.25) is 0 Å². The minimum Gasteiger partial charge on any atom is -0.493 e. The van der Waals surface area contributed by atoms with Crippen molar-refractivity contribution in [1.29, 1.82) is 0 Å². The Morgan fingerprint density at radius 1 is 0.975 bits per heavy atom. The standard InChI is InChI=1S/C32H34N4O4/c1-39-29-15-21(19-34-36-31(38)27-4-2-3-11-33-27)5-10-28(29)40-20-30(37)35-26-8-6-25(7-9-26)32-16-22-12-23(17-32)14-24(13-22)18-32/h2-11,15,19,22-24H,12-14,16-18,20H2,1H3,(H,35,37)(H,36,38)/b34-19-. The van der Waals surface area contributed by atoms with Gasteiger partial charge in [-0.05, 0) is 115 Å². The van der Waals surface area contributed by atoms with Crippen molar-refractivity contribution >= 4 is 23.7 Å². The van der Waals surface area contributed by atoms with Crippen molar-refractivity contribution in [1.82, 2.24) is 10.4 Å². The molecular formula is C32H34N4O4. The molecule has 4 saturated carbocycles. The molecule has 0 atom stereocenters. The molecule has 0 unspecified atom stereocenters. The largest absolute Gasteiger partial charge is 0.493 e. The fourth-order valence-electron chi connectivity index (χ4n) is 7.32. The predicted octanol–water partition coefficient (Wildman–Crippen LogP) is 5.34. The summed E-state index contributed by atoms with van der Waals surface area (Å²) in [7, 11) is 1.53. The highest BCUT2D eigenvalue weighted by Gasteiger charge is 2.51. The van der Waals surface area contributed by atoms with Crippen LogP contribution in [0.15, 0.2) is 72.0 Å². The van der Waals surface area contributed by atoms with Crippen LogP contribution >= 0.6 is 0 Å². The number of nitrogens with one attached hydrogen (secondary N) is 2. The zero-order valence-electron chi connectivity index (χ0n) is 22.6. The number of carbonyl (C=O) groups is 2. The molecule has 1 aromatic heterocycles. The van der Waals surface area contributed by atoms with E-state index in [0.717, 1.165) is 23.4 Å². The molecule has 1 heterocycles. The van der Waals surface area contributed by atoms with E-state index < -0.39 is 5.91 Å². The fourth-order valence-corrected chi connectivity index (χ4v) is 7.32. The second-order valence-corrected chi connectivity index (χ2v) is 11.4. The zero-order chi connectivity index (χ0) is 27.5. The van der Waals surface area contributed by atoms with E-state index in [0.29, 0.717) is 22.5 Å². The van der Waals surface area contributed by atoms with Crippen LogP contribution in [0.3, 0.4) is 0 Å². The van der Waals surface area contributed by atoms with Gasteiger partial charge in [0, 0.05) is 11.9 Å². The monoisotopic (exact) mass is 538 g/mol. The number of anilines is 1. The lowest BCUT2D eigenvalue weighted by Crippen LogP contribution is -2.48. The van der Waals surface area contributed by atoms with E-state index in [1.165, 1.54) is 57.4 Å². The predicted molar refractivity (Wildman–Crippen MR) is 153 cm³/mol. The summed E-state index contributed by atoms with van der Waals surface area (Å²) in [6.45, 7) is -0.152. The van der Waals surface area contributed by atoms with Crippen LogP contribution in [0.25, 0.3) is 0 Å². The van der Waals surface area contributed by atoms with E-state index in [9.17, 15) is 9.59 Å². The molecule has 3 aromatic rings. The Labute approximate surface area is 234 Å². The van der Waals surface area contributed by atoms with Gasteiger partial charge in [-0.3, -0.25) is 14.6 Å². The third-order valence-corrected chi connectivity index (χ3v) is 8.64. The van der Waals surface area contributed by atoms with Crippen molar-refractivity contribution in [3.63, 3.8) is 0 Å². The molecule has 0 spiro atoms. The van der Waals surface area contributed by atoms with Crippen LogP contribution in [0.5, 0.6) is 11.5 Å². The molecule has 0 saturated heterocycles. The number of nitrogens with zero attached hydrogens (tertiary/aromatic N) is 2. The minimum atomic E-state index is -0.405. The number of amides is 2. The van der Waals surface area contributed by atoms with Gasteiger partial charge in [0.25, 0.3) is 11.8 Å². The molecule has 4 aliphatic rings. The van der Waals surface area contributed by atoms with Gasteiger partial charge in [0.15, 0.2) is 18.1 Å². The van der Waals surface area contributed by atoms with Gasteiger partial charge in [-0.1, -0.05) is 18.2 Å². The van der Waals surface area contributed by atoms with Gasteiger partial charge in [0.1, 0.15) is 5.69 Å². The summed E-state index contributed by atoms with van der Waals surface area (Å²) in [6, 6.07) is 18.7. The Morgan fingerprint density at radius 3 is 2.35 bits per heavy atom. The lowest BCUT2D eigenvalue weighted by molar-refractivity contribution is -0.118. The summed E-state index contributed by atoms with van der Waals surface area (Å²) in [6.07, 6.45) is 11.3. The van der Waals surface area contributed by atoms with Crippen molar-refractivity contribution in [2.75, 3.05) is 19.0 Å². The third kappa shape index (κ3) is 5.57. The first-order chi connectivity index (χ1) is 19.5. The molecule has 8 nitrogen and oxygen atoms in total. The smallest absolute Gasteiger partial charge is 0.289 e. The lowest BCUT2D eigenvalue weighted by Gasteiger charge is -2.57. The van der Waals surface area contributed by atoms with Crippen LogP contribution in [0.2, 0.25) is 0 Å². The Kier molecular flexibility index (Phi) is 7.24. The van der Waals surface area contributed by atoms with Gasteiger partial charge < -0.3 is 14.8 Å². The van der Waals surface area contributed by atoms with Crippen molar-refractivity contribution in [2.45, 2.75) is 43.9 Å². The molecule has 4 fully saturated rings. The molecule has 0 aliphatic heterocycles. The number of pyridine rings is 1. The minimum absolute atomic E-state index is 0.152. The molecular weight excluding hydrogens is 504 g/mol. The maximum Gasteiger partial charge on any atom is 0.289 e. The normalized spacial score (nSPS) is 24.6. The average Bonchev–Trinajstić information content (AvgIpc) is 2.96. The van der Waals surface area contributed by atoms with Crippen molar-refractivity contribution < 1.29 is 19.1 Å². The van der Waals surface area contributed by atoms with Gasteiger partial charge in [-0.25, -0.2) is 5.43 Å². The summed E-state index contributed by atoms with van der Waals surface area (Å²) in [4.78, 5) is 28.7. The molecule has 206 valence electrons. The van der Waals surface area contributed by atoms with Crippen molar-refractivity contribution in [3.8, 4) is 11.5 Å². The van der Waals surface area contributed by atoms with Crippen molar-refractivity contribution in [2.24, 2.45) is 22.9 Å². The number of carbonyl (C=O) groups excluding carboxylic acids is 2. The molecule has 2 aromatic carbocycles. The van der Waals surface area contributed by atoms with Gasteiger partial charge in [-0.15, -0.1) is 0 Å². The van der Waals surface area contributed by atoms with E-state index in [1.807, 2.05) is 12.1 Å². The Bertz CT molecular complexity index is 1370. The van der Waals surface area contributed by atoms with Crippen LogP contribution in [-0.4, -0.2) is 36.7 Å². The third-order valence-electron chi connectivity index (χ3n) is 8.64. The number of aromatic nitrogens is 1. The molecule has 4 bridgehead atoms. The molecule has 40 heavy (non-hydrogen) atoms. The van der Waals surface area contributed by atoms with E-state index in [-0.39, 0.29) is 18.2 Å². The number of hydrogen-bond acceptors (Lipinski definition) is 6. The number of benzene rings is 2. The Balaban J connectivity index is 1.02. The fraction of sp³-hybridized carbons (Fsp3) is 0.375. The maximum atomic E-state index is 12.6. The summed E-state index contributed by atoms with van der Waals surface area (Å²) >= 11 is 0. The molecule has 7 rings (SSSR count). The number of hydrogen-bond donors (Lipinski definition) is 2. The second-order valence-electron chi connectivity index (χ2n) is 11.4. The number of rotatable bonds is 9. The molecule has 2 N–H and O–H groups in total. The quantitative estimate of drug-likeness (QED) is 0.283. The first-order valence-electron chi connectivity index (χ1n) is 14.0. The number of ether oxygens (including phenoxy) is 2. The van der Waals surface area contributed by atoms with Crippen LogP contribution in [0.1, 0.15) is 60.1 Å². The first-order valence-corrected chi connectivity index (χ1v) is 14.0. The van der Waals surface area contributed by atoms with E-state index in [1.54, 1.807) is 42.6 Å². The molecule has 2 amide bonds. The first kappa shape index (κ1) is 26.0. The van der Waals surface area contributed by atoms with Crippen molar-refractivity contribution in [3.05, 3.63) is 83.7 Å². The SMILES string of the molecule is COc1cc(/C=N\NC(=O)c2ccccn2)ccc1OCC(=O)Nc1ccc(C23CC4CC(CC(C4)C2)C3)cc1. The average molecular weight is 539 g/mol. The lowest BCUT2D eigenvalue weighted by atomic mass is 9.48. The van der Waals surface area contributed by atoms with E-state index in [2.05, 4.69) is 33.0 Å². The summed E-state index contributed by atoms with van der Waals surface area (Å²) in [5.41, 5.74) is 5.96. The van der Waals surface area contributed by atoms with Gasteiger partial charge >= 0.3 is 0 Å². The number of hydrazone groups is 1. The van der Waals surface area contributed by atoms with E-state index >= 15 is 0 Å². The zero-order valence-corrected chi connectivity index (χ0v) is 22.6. The highest BCUT2D eigenvalue weighted by Crippen LogP contribution is 2.60. The van der Waals surface area contributed by atoms with Gasteiger partial charge in [-0.2, -0.15) is 5.10 Å².